The molecular weight excluding hydrogens is 560 g/mol. The smallest absolute Gasteiger partial charge is 0.337 e. The number of carbonyl (C=O) groups excluding carboxylic acids is 3. The molecule has 3 atom stereocenters. The summed E-state index contributed by atoms with van der Waals surface area (Å²) in [5, 5.41) is 15.9. The summed E-state index contributed by atoms with van der Waals surface area (Å²) in [5.74, 6) is -0.524. The number of carbonyl (C=O) groups is 3. The SMILES string of the molecule is C=CC(=CC=C(C)OC)C(C)OC(C(=O)NCCC(O)C(=O)NCc1ccc(-c2ccc(C(=O)OC)cc2)cc1)C(C)(C)C. The van der Waals surface area contributed by atoms with Gasteiger partial charge >= 0.3 is 5.97 Å². The van der Waals surface area contributed by atoms with Crippen LogP contribution in [0.2, 0.25) is 0 Å². The molecule has 238 valence electrons. The molecule has 9 nitrogen and oxygen atoms in total. The van der Waals surface area contributed by atoms with Gasteiger partial charge in [0.05, 0.1) is 31.6 Å². The van der Waals surface area contributed by atoms with Crippen LogP contribution in [0.5, 0.6) is 0 Å². The number of ether oxygens (including phenoxy) is 3. The Balaban J connectivity index is 1.87. The summed E-state index contributed by atoms with van der Waals surface area (Å²) in [6, 6.07) is 14.7. The van der Waals surface area contributed by atoms with Crippen LogP contribution < -0.4 is 10.6 Å². The lowest BCUT2D eigenvalue weighted by Gasteiger charge is -2.32. The maximum Gasteiger partial charge on any atom is 0.337 e. The molecule has 2 aromatic rings. The van der Waals surface area contributed by atoms with Crippen LogP contribution in [0, 0.1) is 5.41 Å². The average Bonchev–Trinajstić information content (AvgIpc) is 3.01. The van der Waals surface area contributed by atoms with Gasteiger partial charge in [0.15, 0.2) is 0 Å². The minimum absolute atomic E-state index is 0.0450. The van der Waals surface area contributed by atoms with E-state index in [2.05, 4.69) is 17.2 Å². The Kier molecular flexibility index (Phi) is 14.0. The van der Waals surface area contributed by atoms with Crippen molar-refractivity contribution < 1.29 is 33.7 Å². The Labute approximate surface area is 261 Å². The third-order valence-corrected chi connectivity index (χ3v) is 6.98. The molecule has 0 fully saturated rings. The number of amides is 2. The number of hydrogen-bond donors (Lipinski definition) is 3. The number of nitrogens with one attached hydrogen (secondary N) is 2. The van der Waals surface area contributed by atoms with Gasteiger partial charge in [-0.3, -0.25) is 9.59 Å². The van der Waals surface area contributed by atoms with Crippen LogP contribution in [0.15, 0.2) is 84.7 Å². The van der Waals surface area contributed by atoms with E-state index in [1.54, 1.807) is 31.4 Å². The molecule has 0 aliphatic carbocycles. The highest BCUT2D eigenvalue weighted by Gasteiger charge is 2.34. The van der Waals surface area contributed by atoms with Gasteiger partial charge in [0.1, 0.15) is 12.2 Å². The Morgan fingerprint density at radius 1 is 0.909 bits per heavy atom. The maximum absolute atomic E-state index is 13.1. The Hall–Kier alpha value is -4.21. The second-order valence-electron chi connectivity index (χ2n) is 11.5. The van der Waals surface area contributed by atoms with Gasteiger partial charge < -0.3 is 30.0 Å². The first-order chi connectivity index (χ1) is 20.8. The Morgan fingerprint density at radius 3 is 2.02 bits per heavy atom. The van der Waals surface area contributed by atoms with Crippen molar-refractivity contribution in [1.29, 1.82) is 0 Å². The van der Waals surface area contributed by atoms with Gasteiger partial charge in [-0.2, -0.15) is 0 Å². The molecule has 0 aromatic heterocycles. The van der Waals surface area contributed by atoms with Crippen molar-refractivity contribution in [2.24, 2.45) is 5.41 Å². The molecule has 2 amide bonds. The van der Waals surface area contributed by atoms with Gasteiger partial charge in [-0.1, -0.05) is 75.9 Å². The van der Waals surface area contributed by atoms with E-state index in [0.29, 0.717) is 5.56 Å². The number of hydrogen-bond acceptors (Lipinski definition) is 7. The van der Waals surface area contributed by atoms with Crippen LogP contribution in [0.4, 0.5) is 0 Å². The maximum atomic E-state index is 13.1. The molecule has 0 aliphatic rings. The van der Waals surface area contributed by atoms with Crippen LogP contribution in [-0.4, -0.2) is 62.0 Å². The highest BCUT2D eigenvalue weighted by Crippen LogP contribution is 2.26. The average molecular weight is 607 g/mol. The number of benzene rings is 2. The zero-order valence-corrected chi connectivity index (χ0v) is 26.8. The molecule has 3 unspecified atom stereocenters. The highest BCUT2D eigenvalue weighted by molar-refractivity contribution is 5.90. The Morgan fingerprint density at radius 2 is 1.50 bits per heavy atom. The molecule has 0 aliphatic heterocycles. The molecule has 0 spiro atoms. The van der Waals surface area contributed by atoms with Crippen molar-refractivity contribution in [3.63, 3.8) is 0 Å². The molecule has 0 radical (unpaired) electrons. The summed E-state index contributed by atoms with van der Waals surface area (Å²) in [5.41, 5.74) is 3.50. The topological polar surface area (TPSA) is 123 Å². The number of rotatable bonds is 15. The monoisotopic (exact) mass is 606 g/mol. The molecule has 2 rings (SSSR count). The molecule has 0 saturated heterocycles. The van der Waals surface area contributed by atoms with Gasteiger partial charge in [0.2, 0.25) is 11.8 Å². The van der Waals surface area contributed by atoms with Crippen molar-refractivity contribution in [3.8, 4) is 11.1 Å². The fraction of sp³-hybridized carbons (Fsp3) is 0.400. The number of aliphatic hydroxyl groups excluding tert-OH is 1. The van der Waals surface area contributed by atoms with Crippen molar-refractivity contribution in [3.05, 3.63) is 95.8 Å². The standard InChI is InChI=1S/C35H46N2O7/c1-9-26(13-10-23(2)42-7)24(3)44-31(35(4,5)6)33(40)36-21-20-30(38)32(39)37-22-25-11-14-27(15-12-25)28-16-18-29(19-17-28)34(41)43-8/h9-19,24,30-31,38H,1,20-22H2,2-8H3,(H,36,40)(H,37,39). The first-order valence-electron chi connectivity index (χ1n) is 14.5. The normalized spacial score (nSPS) is 14.2. The molecule has 0 bridgehead atoms. The molecule has 2 aromatic carbocycles. The summed E-state index contributed by atoms with van der Waals surface area (Å²) >= 11 is 0. The van der Waals surface area contributed by atoms with Crippen LogP contribution in [0.1, 0.15) is 57.0 Å². The molecule has 9 heteroatoms. The predicted molar refractivity (Wildman–Crippen MR) is 172 cm³/mol. The quantitative estimate of drug-likeness (QED) is 0.146. The van der Waals surface area contributed by atoms with Gasteiger partial charge in [-0.25, -0.2) is 4.79 Å². The summed E-state index contributed by atoms with van der Waals surface area (Å²) < 4.78 is 16.1. The number of aliphatic hydroxyl groups is 1. The van der Waals surface area contributed by atoms with Gasteiger partial charge in [-0.15, -0.1) is 0 Å². The minimum atomic E-state index is -1.29. The summed E-state index contributed by atoms with van der Waals surface area (Å²) in [4.78, 5) is 37.2. The molecule has 44 heavy (non-hydrogen) atoms. The second-order valence-corrected chi connectivity index (χ2v) is 11.5. The van der Waals surface area contributed by atoms with Crippen molar-refractivity contribution in [2.45, 2.75) is 65.9 Å². The van der Waals surface area contributed by atoms with E-state index in [1.807, 2.05) is 77.1 Å². The number of allylic oxidation sites excluding steroid dienone is 3. The van der Waals surface area contributed by atoms with Gasteiger partial charge in [0, 0.05) is 13.1 Å². The fourth-order valence-electron chi connectivity index (χ4n) is 4.19. The summed E-state index contributed by atoms with van der Waals surface area (Å²) in [6.45, 7) is 13.6. The fourth-order valence-corrected chi connectivity index (χ4v) is 4.19. The third-order valence-electron chi connectivity index (χ3n) is 6.98. The van der Waals surface area contributed by atoms with E-state index in [0.717, 1.165) is 28.0 Å². The summed E-state index contributed by atoms with van der Waals surface area (Å²) in [6.07, 6.45) is 2.88. The lowest BCUT2D eigenvalue weighted by atomic mass is 9.88. The van der Waals surface area contributed by atoms with E-state index in [1.165, 1.54) is 7.11 Å². The summed E-state index contributed by atoms with van der Waals surface area (Å²) in [7, 11) is 2.93. The predicted octanol–water partition coefficient (Wildman–Crippen LogP) is 5.11. The zero-order valence-electron chi connectivity index (χ0n) is 26.8. The van der Waals surface area contributed by atoms with Gasteiger partial charge in [-0.05, 0) is 66.2 Å². The zero-order chi connectivity index (χ0) is 32.9. The highest BCUT2D eigenvalue weighted by atomic mass is 16.5. The van der Waals surface area contributed by atoms with E-state index >= 15 is 0 Å². The molecule has 3 N–H and O–H groups in total. The Bertz CT molecular complexity index is 1320. The lowest BCUT2D eigenvalue weighted by Crippen LogP contribution is -2.47. The molecule has 0 saturated carbocycles. The molecule has 0 heterocycles. The van der Waals surface area contributed by atoms with Crippen LogP contribution in [0.25, 0.3) is 11.1 Å². The van der Waals surface area contributed by atoms with Crippen molar-refractivity contribution in [1.82, 2.24) is 10.6 Å². The first-order valence-corrected chi connectivity index (χ1v) is 14.5. The van der Waals surface area contributed by atoms with E-state index in [9.17, 15) is 19.5 Å². The van der Waals surface area contributed by atoms with Crippen molar-refractivity contribution in [2.75, 3.05) is 20.8 Å². The van der Waals surface area contributed by atoms with Gasteiger partial charge in [0.25, 0.3) is 0 Å². The number of esters is 1. The third kappa shape index (κ3) is 11.1. The van der Waals surface area contributed by atoms with E-state index in [4.69, 9.17) is 14.2 Å². The second kappa shape index (κ2) is 17.2. The van der Waals surface area contributed by atoms with Crippen LogP contribution in [0.3, 0.4) is 0 Å². The number of methoxy groups -OCH3 is 2. The first kappa shape index (κ1) is 36.0. The van der Waals surface area contributed by atoms with E-state index in [-0.39, 0.29) is 25.4 Å². The van der Waals surface area contributed by atoms with Crippen LogP contribution >= 0.6 is 0 Å². The van der Waals surface area contributed by atoms with E-state index < -0.39 is 35.6 Å². The van der Waals surface area contributed by atoms with Crippen LogP contribution in [-0.2, 0) is 30.3 Å². The lowest BCUT2D eigenvalue weighted by molar-refractivity contribution is -0.143. The minimum Gasteiger partial charge on any atom is -0.501 e. The van der Waals surface area contributed by atoms with Crippen molar-refractivity contribution >= 4 is 17.8 Å². The molecular formula is C35H46N2O7. The largest absolute Gasteiger partial charge is 0.501 e.